The van der Waals surface area contributed by atoms with E-state index in [4.69, 9.17) is 0 Å². The summed E-state index contributed by atoms with van der Waals surface area (Å²) in [5.41, 5.74) is 0.623. The molecule has 0 spiro atoms. The Morgan fingerprint density at radius 1 is 1.05 bits per heavy atom. The summed E-state index contributed by atoms with van der Waals surface area (Å²) in [4.78, 5) is 48.3. The van der Waals surface area contributed by atoms with Crippen LogP contribution in [0.5, 0.6) is 0 Å². The number of carbonyl (C=O) groups excluding carboxylic acids is 4. The summed E-state index contributed by atoms with van der Waals surface area (Å²) >= 11 is 0. The van der Waals surface area contributed by atoms with Crippen molar-refractivity contribution in [2.45, 2.75) is 32.7 Å². The fourth-order valence-electron chi connectivity index (χ4n) is 2.35. The first kappa shape index (κ1) is 14.1. The van der Waals surface area contributed by atoms with Crippen LogP contribution in [0.3, 0.4) is 0 Å². The molecule has 5 nitrogen and oxygen atoms in total. The number of ketones is 2. The number of amides is 2. The maximum absolute atomic E-state index is 12.3. The average Bonchev–Trinajstić information content (AvgIpc) is 2.64. The monoisotopic (exact) mass is 273 g/mol. The van der Waals surface area contributed by atoms with Gasteiger partial charge in [-0.2, -0.15) is 0 Å². The quantitative estimate of drug-likeness (QED) is 0.764. The Morgan fingerprint density at radius 3 is 1.95 bits per heavy atom. The van der Waals surface area contributed by atoms with E-state index in [0.29, 0.717) is 11.1 Å². The highest BCUT2D eigenvalue weighted by molar-refractivity contribution is 6.22. The maximum Gasteiger partial charge on any atom is 0.262 e. The van der Waals surface area contributed by atoms with E-state index in [-0.39, 0.29) is 24.4 Å². The fourth-order valence-corrected chi connectivity index (χ4v) is 2.35. The van der Waals surface area contributed by atoms with Gasteiger partial charge in [0, 0.05) is 6.42 Å². The fraction of sp³-hybridized carbons (Fsp3) is 0.333. The van der Waals surface area contributed by atoms with Crippen LogP contribution in [0.1, 0.15) is 47.4 Å². The van der Waals surface area contributed by atoms with Crippen LogP contribution in [0.2, 0.25) is 0 Å². The largest absolute Gasteiger partial charge is 0.300 e. The minimum atomic E-state index is -0.869. The van der Waals surface area contributed by atoms with Crippen LogP contribution in [-0.4, -0.2) is 34.3 Å². The molecule has 1 aromatic carbocycles. The van der Waals surface area contributed by atoms with Gasteiger partial charge in [-0.15, -0.1) is 0 Å². The van der Waals surface area contributed by atoms with Crippen molar-refractivity contribution in [2.24, 2.45) is 0 Å². The Hall–Kier alpha value is -2.30. The van der Waals surface area contributed by atoms with E-state index in [2.05, 4.69) is 0 Å². The molecule has 0 fully saturated rings. The zero-order valence-corrected chi connectivity index (χ0v) is 11.4. The lowest BCUT2D eigenvalue weighted by atomic mass is 10.0. The van der Waals surface area contributed by atoms with Crippen molar-refractivity contribution in [1.29, 1.82) is 0 Å². The summed E-state index contributed by atoms with van der Waals surface area (Å²) in [6, 6.07) is 5.61. The topological polar surface area (TPSA) is 71.5 Å². The van der Waals surface area contributed by atoms with Crippen molar-refractivity contribution in [3.63, 3.8) is 0 Å². The third kappa shape index (κ3) is 2.39. The lowest BCUT2D eigenvalue weighted by molar-refractivity contribution is -0.121. The van der Waals surface area contributed by atoms with Crippen LogP contribution in [-0.2, 0) is 9.59 Å². The van der Waals surface area contributed by atoms with Gasteiger partial charge < -0.3 is 4.79 Å². The number of imide groups is 1. The molecule has 0 bridgehead atoms. The molecule has 1 aliphatic heterocycles. The van der Waals surface area contributed by atoms with E-state index in [9.17, 15) is 19.2 Å². The predicted octanol–water partition coefficient (Wildman–Crippen LogP) is 1.61. The minimum Gasteiger partial charge on any atom is -0.300 e. The molecule has 0 saturated heterocycles. The molecule has 1 aliphatic rings. The van der Waals surface area contributed by atoms with Crippen molar-refractivity contribution in [3.8, 4) is 0 Å². The summed E-state index contributed by atoms with van der Waals surface area (Å²) in [7, 11) is 0. The van der Waals surface area contributed by atoms with Crippen molar-refractivity contribution >= 4 is 23.4 Å². The van der Waals surface area contributed by atoms with Crippen LogP contribution in [0.4, 0.5) is 0 Å². The molecule has 1 aromatic rings. The van der Waals surface area contributed by atoms with Gasteiger partial charge in [-0.05, 0) is 32.4 Å². The molecule has 0 saturated carbocycles. The second-order valence-corrected chi connectivity index (χ2v) is 4.89. The van der Waals surface area contributed by atoms with Crippen LogP contribution < -0.4 is 0 Å². The smallest absolute Gasteiger partial charge is 0.262 e. The second-order valence-electron chi connectivity index (χ2n) is 4.89. The van der Waals surface area contributed by atoms with Gasteiger partial charge in [0.1, 0.15) is 5.78 Å². The third-order valence-corrected chi connectivity index (χ3v) is 3.38. The number of nitrogens with zero attached hydrogens (tertiary/aromatic N) is 1. The van der Waals surface area contributed by atoms with Crippen LogP contribution in [0, 0.1) is 0 Å². The highest BCUT2D eigenvalue weighted by Gasteiger charge is 2.41. The Bertz CT molecular complexity index is 571. The molecule has 2 amide bonds. The highest BCUT2D eigenvalue weighted by atomic mass is 16.2. The maximum atomic E-state index is 12.3. The number of benzene rings is 1. The SMILES string of the molecule is CC(=O)CCC(C(C)=O)N1C(=O)c2ccccc2C1=O. The van der Waals surface area contributed by atoms with E-state index >= 15 is 0 Å². The van der Waals surface area contributed by atoms with E-state index < -0.39 is 17.9 Å². The lowest BCUT2D eigenvalue weighted by Gasteiger charge is -2.23. The summed E-state index contributed by atoms with van der Waals surface area (Å²) in [6.07, 6.45) is 0.341. The number of hydrogen-bond donors (Lipinski definition) is 0. The summed E-state index contributed by atoms with van der Waals surface area (Å²) in [5, 5.41) is 0. The summed E-state index contributed by atoms with van der Waals surface area (Å²) in [5.74, 6) is -1.29. The highest BCUT2D eigenvalue weighted by Crippen LogP contribution is 2.26. The van der Waals surface area contributed by atoms with E-state index in [1.807, 2.05) is 0 Å². The van der Waals surface area contributed by atoms with Crippen LogP contribution in [0.15, 0.2) is 24.3 Å². The summed E-state index contributed by atoms with van der Waals surface area (Å²) < 4.78 is 0. The molecule has 1 heterocycles. The Kier molecular flexibility index (Phi) is 3.79. The number of fused-ring (bicyclic) bond motifs is 1. The zero-order chi connectivity index (χ0) is 14.9. The Balaban J connectivity index is 2.32. The van der Waals surface area contributed by atoms with Gasteiger partial charge in [0.15, 0.2) is 5.78 Å². The number of rotatable bonds is 5. The number of carbonyl (C=O) groups is 4. The molecular weight excluding hydrogens is 258 g/mol. The van der Waals surface area contributed by atoms with Crippen LogP contribution in [0.25, 0.3) is 0 Å². The van der Waals surface area contributed by atoms with Gasteiger partial charge in [-0.25, -0.2) is 0 Å². The van der Waals surface area contributed by atoms with Crippen LogP contribution >= 0.6 is 0 Å². The second kappa shape index (κ2) is 5.36. The molecule has 5 heteroatoms. The Morgan fingerprint density at radius 2 is 1.55 bits per heavy atom. The molecule has 1 atom stereocenters. The van der Waals surface area contributed by atoms with Gasteiger partial charge in [0.25, 0.3) is 11.8 Å². The Labute approximate surface area is 116 Å². The number of hydrogen-bond acceptors (Lipinski definition) is 4. The first-order chi connectivity index (χ1) is 9.43. The van der Waals surface area contributed by atoms with Crippen molar-refractivity contribution in [3.05, 3.63) is 35.4 Å². The normalized spacial score (nSPS) is 15.2. The van der Waals surface area contributed by atoms with Gasteiger partial charge >= 0.3 is 0 Å². The van der Waals surface area contributed by atoms with Gasteiger partial charge in [-0.3, -0.25) is 19.3 Å². The molecule has 0 aromatic heterocycles. The molecule has 0 radical (unpaired) electrons. The lowest BCUT2D eigenvalue weighted by Crippen LogP contribution is -2.44. The zero-order valence-electron chi connectivity index (χ0n) is 11.4. The summed E-state index contributed by atoms with van der Waals surface area (Å²) in [6.45, 7) is 2.74. The van der Waals surface area contributed by atoms with Gasteiger partial charge in [0.05, 0.1) is 17.2 Å². The standard InChI is InChI=1S/C15H15NO4/c1-9(17)7-8-13(10(2)18)16-14(19)11-5-3-4-6-12(11)15(16)20/h3-6,13H,7-8H2,1-2H3. The average molecular weight is 273 g/mol. The minimum absolute atomic E-state index is 0.0761. The molecular formula is C15H15NO4. The third-order valence-electron chi connectivity index (χ3n) is 3.38. The molecule has 1 unspecified atom stereocenters. The molecule has 104 valence electrons. The number of Topliss-reactive ketones (excluding diaryl/α,β-unsaturated/α-hetero) is 2. The van der Waals surface area contributed by atoms with E-state index in [1.54, 1.807) is 24.3 Å². The molecule has 20 heavy (non-hydrogen) atoms. The van der Waals surface area contributed by atoms with Crippen molar-refractivity contribution < 1.29 is 19.2 Å². The molecule has 0 N–H and O–H groups in total. The first-order valence-electron chi connectivity index (χ1n) is 6.40. The first-order valence-corrected chi connectivity index (χ1v) is 6.40. The van der Waals surface area contributed by atoms with E-state index in [1.165, 1.54) is 13.8 Å². The van der Waals surface area contributed by atoms with Crippen molar-refractivity contribution in [2.75, 3.05) is 0 Å². The van der Waals surface area contributed by atoms with E-state index in [0.717, 1.165) is 4.90 Å². The van der Waals surface area contributed by atoms with Gasteiger partial charge in [0.2, 0.25) is 0 Å². The van der Waals surface area contributed by atoms with Gasteiger partial charge in [-0.1, -0.05) is 12.1 Å². The molecule has 2 rings (SSSR count). The molecule has 0 aliphatic carbocycles. The van der Waals surface area contributed by atoms with Crippen molar-refractivity contribution in [1.82, 2.24) is 4.90 Å². The predicted molar refractivity (Wildman–Crippen MR) is 71.3 cm³/mol.